The molecule has 0 amide bonds. The molecule has 19 heavy (non-hydrogen) atoms. The van der Waals surface area contributed by atoms with E-state index in [9.17, 15) is 5.11 Å². The first-order valence-corrected chi connectivity index (χ1v) is 7.88. The van der Waals surface area contributed by atoms with E-state index in [-0.39, 0.29) is 34.2 Å². The van der Waals surface area contributed by atoms with Crippen LogP contribution in [0.25, 0.3) is 0 Å². The zero-order chi connectivity index (χ0) is 13.1. The van der Waals surface area contributed by atoms with Gasteiger partial charge in [-0.2, -0.15) is 0 Å². The van der Waals surface area contributed by atoms with Crippen molar-refractivity contribution in [3.05, 3.63) is 35.9 Å². The van der Waals surface area contributed by atoms with Crippen molar-refractivity contribution >= 4 is 20.2 Å². The molecule has 0 aromatic heterocycles. The van der Waals surface area contributed by atoms with Gasteiger partial charge in [-0.05, 0) is 0 Å². The van der Waals surface area contributed by atoms with E-state index in [2.05, 4.69) is 45.9 Å². The van der Waals surface area contributed by atoms with Gasteiger partial charge in [-0.25, -0.2) is 0 Å². The van der Waals surface area contributed by atoms with Crippen molar-refractivity contribution in [2.75, 3.05) is 0 Å². The van der Waals surface area contributed by atoms with E-state index in [4.69, 9.17) is 0 Å². The Morgan fingerprint density at radius 2 is 1.37 bits per heavy atom. The molecule has 3 heteroatoms. The zero-order valence-electron chi connectivity index (χ0n) is 12.1. The molecule has 1 rings (SSSR count). The van der Waals surface area contributed by atoms with Crippen molar-refractivity contribution in [2.45, 2.75) is 57.8 Å². The third-order valence-electron chi connectivity index (χ3n) is 3.19. The number of benzene rings is 1. The fourth-order valence-corrected chi connectivity index (χ4v) is 2.43. The van der Waals surface area contributed by atoms with Crippen LogP contribution >= 0.6 is 0 Å². The van der Waals surface area contributed by atoms with Crippen LogP contribution in [0.2, 0.25) is 0 Å². The fraction of sp³-hybridized carbons (Fsp3) is 0.562. The predicted molar refractivity (Wildman–Crippen MR) is 77.8 cm³/mol. The Bertz CT molecular complexity index is 327. The second-order valence-corrected chi connectivity index (χ2v) is 5.79. The van der Waals surface area contributed by atoms with Crippen LogP contribution in [-0.2, 0) is 6.42 Å². The molecule has 0 aliphatic heterocycles. The summed E-state index contributed by atoms with van der Waals surface area (Å²) in [5, 5.41) is 10.7. The van der Waals surface area contributed by atoms with Gasteiger partial charge in [0.05, 0.1) is 0 Å². The topological polar surface area (TPSA) is 23.1 Å². The molecule has 0 saturated carbocycles. The van der Waals surface area contributed by atoms with Crippen LogP contribution < -0.4 is 34.7 Å². The summed E-state index contributed by atoms with van der Waals surface area (Å²) in [6.07, 6.45) is 10.7. The van der Waals surface area contributed by atoms with Gasteiger partial charge < -0.3 is 0 Å². The number of rotatable bonds is 10. The molecule has 1 aromatic rings. The summed E-state index contributed by atoms with van der Waals surface area (Å²) in [5.41, 5.74) is 1.45. The van der Waals surface area contributed by atoms with Gasteiger partial charge in [-0.3, -0.25) is 0 Å². The Morgan fingerprint density at radius 1 is 0.842 bits per heavy atom. The Hall–Kier alpha value is 0.409. The molecule has 0 fully saturated rings. The minimum absolute atomic E-state index is 0. The third kappa shape index (κ3) is 11.9. The summed E-state index contributed by atoms with van der Waals surface area (Å²) < 4.78 is 0.206. The van der Waals surface area contributed by atoms with Crippen LogP contribution in [0, 0.1) is 0 Å². The number of hydrogen-bond donors (Lipinski definition) is 0. The van der Waals surface area contributed by atoms with Crippen molar-refractivity contribution in [3.63, 3.8) is 0 Å². The Morgan fingerprint density at radius 3 is 1.95 bits per heavy atom. The predicted octanol–water partition coefficient (Wildman–Crippen LogP) is 0.0126. The first-order valence-electron chi connectivity index (χ1n) is 7.03. The molecule has 0 aliphatic rings. The molecule has 0 aliphatic carbocycles. The fourth-order valence-electron chi connectivity index (χ4n) is 2.13. The second-order valence-electron chi connectivity index (χ2n) is 4.83. The molecule has 0 heterocycles. The van der Waals surface area contributed by atoms with E-state index in [1.165, 1.54) is 50.5 Å². The van der Waals surface area contributed by atoms with Gasteiger partial charge in [0.15, 0.2) is 0 Å². The van der Waals surface area contributed by atoms with Crippen molar-refractivity contribution in [1.29, 1.82) is 0 Å². The Kier molecular flexibility index (Phi) is 13.7. The number of hydrogen-bond acceptors (Lipinski definition) is 1. The van der Waals surface area contributed by atoms with Crippen molar-refractivity contribution < 1.29 is 34.7 Å². The number of aryl methyl sites for hydroxylation is 1. The molecule has 0 bridgehead atoms. The third-order valence-corrected chi connectivity index (χ3v) is 3.62. The minimum Gasteiger partial charge on any atom is -0.0622 e. The average molecular weight is 333 g/mol. The average Bonchev–Trinajstić information content (AvgIpc) is 2.37. The van der Waals surface area contributed by atoms with Gasteiger partial charge in [-0.1, -0.05) is 18.2 Å². The first kappa shape index (κ1) is 19.4. The van der Waals surface area contributed by atoms with Crippen LogP contribution in [0.5, 0.6) is 0 Å². The van der Waals surface area contributed by atoms with Crippen LogP contribution in [0.4, 0.5) is 0 Å². The molecule has 0 N–H and O–H groups in total. The van der Waals surface area contributed by atoms with E-state index in [0.717, 1.165) is 6.42 Å². The van der Waals surface area contributed by atoms with E-state index < -0.39 is 0 Å². The molecule has 1 nitrogen and oxygen atoms in total. The molecule has 0 atom stereocenters. The van der Waals surface area contributed by atoms with E-state index >= 15 is 0 Å². The Balaban J connectivity index is 0.00000324. The summed E-state index contributed by atoms with van der Waals surface area (Å²) in [4.78, 5) is 0. The summed E-state index contributed by atoms with van der Waals surface area (Å²) in [6, 6.07) is 10.7. The van der Waals surface area contributed by atoms with Gasteiger partial charge in [0.2, 0.25) is 0 Å². The SMILES string of the molecule is [Na+].[O-]C(=[Se])CCCCCCCCCc1ccccc1. The van der Waals surface area contributed by atoms with Gasteiger partial charge >= 0.3 is 130 Å². The normalized spacial score (nSPS) is 9.89. The van der Waals surface area contributed by atoms with Crippen LogP contribution in [0.3, 0.4) is 0 Å². The molecular formula is C16H23NaOSe. The molecule has 0 saturated heterocycles. The molecule has 1 aromatic carbocycles. The molecular weight excluding hydrogens is 310 g/mol. The van der Waals surface area contributed by atoms with Gasteiger partial charge in [0, 0.05) is 0 Å². The summed E-state index contributed by atoms with van der Waals surface area (Å²) in [7, 11) is 0. The summed E-state index contributed by atoms with van der Waals surface area (Å²) in [5.74, 6) is 0. The first-order chi connectivity index (χ1) is 8.79. The van der Waals surface area contributed by atoms with Gasteiger partial charge in [0.1, 0.15) is 0 Å². The van der Waals surface area contributed by atoms with Crippen LogP contribution in [0.15, 0.2) is 30.3 Å². The van der Waals surface area contributed by atoms with Crippen molar-refractivity contribution in [1.82, 2.24) is 0 Å². The minimum atomic E-state index is 0. The van der Waals surface area contributed by atoms with Gasteiger partial charge in [0.25, 0.3) is 0 Å². The molecule has 0 radical (unpaired) electrons. The Labute approximate surface area is 147 Å². The molecule has 0 unspecified atom stereocenters. The van der Waals surface area contributed by atoms with Crippen LogP contribution in [-0.4, -0.2) is 20.2 Å². The maximum atomic E-state index is 10.7. The van der Waals surface area contributed by atoms with E-state index in [0.29, 0.717) is 6.42 Å². The van der Waals surface area contributed by atoms with E-state index in [1.807, 2.05) is 0 Å². The standard InChI is InChI=1S/C16H24OSe.Na/c17-16(18)14-10-5-3-1-2-4-7-11-15-12-8-6-9-13-15;/h6,8-9,12-13H,1-5,7,10-11,14H2,(H,17,18);/q;+1/p-1. The number of unbranched alkanes of at least 4 members (excludes halogenated alkanes) is 6. The second kappa shape index (κ2) is 13.4. The molecule has 0 spiro atoms. The van der Waals surface area contributed by atoms with Crippen molar-refractivity contribution in [2.24, 2.45) is 0 Å². The summed E-state index contributed by atoms with van der Waals surface area (Å²) in [6.45, 7) is 0. The smallest absolute Gasteiger partial charge is 0.0622 e. The summed E-state index contributed by atoms with van der Waals surface area (Å²) >= 11 is 2.54. The monoisotopic (exact) mass is 334 g/mol. The van der Waals surface area contributed by atoms with Crippen LogP contribution in [0.1, 0.15) is 56.9 Å². The van der Waals surface area contributed by atoms with Gasteiger partial charge in [-0.15, -0.1) is 0 Å². The quantitative estimate of drug-likeness (QED) is 0.437. The zero-order valence-corrected chi connectivity index (χ0v) is 15.8. The van der Waals surface area contributed by atoms with Crippen molar-refractivity contribution in [3.8, 4) is 0 Å². The van der Waals surface area contributed by atoms with E-state index in [1.54, 1.807) is 0 Å². The molecule has 100 valence electrons. The maximum absolute atomic E-state index is 10.7.